The minimum atomic E-state index is -0.446. The highest BCUT2D eigenvalue weighted by Gasteiger charge is 2.53. The Hall–Kier alpha value is -5.92. The number of rotatable bonds is 3. The third-order valence-electron chi connectivity index (χ3n) is 11.3. The van der Waals surface area contributed by atoms with Gasteiger partial charge in [-0.05, 0) is 91.0 Å². The SMILES string of the molecule is CC1(C)c2ccccc2C2(c3ccccc3-c3ccc(N(c4ccc5ccccc5c4)c4cccc5ccccc45)cc32)c2ccccc21. The summed E-state index contributed by atoms with van der Waals surface area (Å²) >= 11 is 0. The van der Waals surface area contributed by atoms with Crippen LogP contribution < -0.4 is 4.90 Å². The number of hydrogen-bond donors (Lipinski definition) is 0. The molecule has 0 N–H and O–H groups in total. The Morgan fingerprint density at radius 2 is 0.898 bits per heavy atom. The highest BCUT2D eigenvalue weighted by molar-refractivity contribution is 6.01. The van der Waals surface area contributed by atoms with Gasteiger partial charge < -0.3 is 4.90 Å². The average molecular weight is 626 g/mol. The molecule has 0 radical (unpaired) electrons. The number of nitrogens with zero attached hydrogens (tertiary/aromatic N) is 1. The summed E-state index contributed by atoms with van der Waals surface area (Å²) in [7, 11) is 0. The van der Waals surface area contributed by atoms with Gasteiger partial charge in [-0.1, -0.05) is 159 Å². The Morgan fingerprint density at radius 3 is 1.65 bits per heavy atom. The van der Waals surface area contributed by atoms with Crippen LogP contribution in [0.15, 0.2) is 176 Å². The van der Waals surface area contributed by atoms with Crippen LogP contribution in [-0.2, 0) is 10.8 Å². The lowest BCUT2D eigenvalue weighted by Gasteiger charge is -2.46. The van der Waals surface area contributed by atoms with Crippen molar-refractivity contribution in [1.82, 2.24) is 0 Å². The van der Waals surface area contributed by atoms with Gasteiger partial charge >= 0.3 is 0 Å². The fraction of sp³-hybridized carbons (Fsp3) is 0.0833. The minimum absolute atomic E-state index is 0.131. The maximum Gasteiger partial charge on any atom is 0.0720 e. The molecule has 1 spiro atoms. The molecule has 2 aliphatic carbocycles. The molecule has 8 aromatic rings. The largest absolute Gasteiger partial charge is 0.310 e. The zero-order valence-electron chi connectivity index (χ0n) is 27.7. The number of fused-ring (bicyclic) bond motifs is 11. The second-order valence-electron chi connectivity index (χ2n) is 14.1. The smallest absolute Gasteiger partial charge is 0.0720 e. The minimum Gasteiger partial charge on any atom is -0.310 e. The van der Waals surface area contributed by atoms with Crippen molar-refractivity contribution in [3.05, 3.63) is 209 Å². The third-order valence-corrected chi connectivity index (χ3v) is 11.3. The number of anilines is 3. The summed E-state index contributed by atoms with van der Waals surface area (Å²) in [5.74, 6) is 0. The molecule has 0 heterocycles. The Balaban J connectivity index is 1.31. The molecule has 8 aromatic carbocycles. The fourth-order valence-electron chi connectivity index (χ4n) is 9.13. The summed E-state index contributed by atoms with van der Waals surface area (Å²) in [5.41, 5.74) is 13.7. The molecule has 1 heteroatoms. The Bertz CT molecular complexity index is 2550. The van der Waals surface area contributed by atoms with Gasteiger partial charge in [-0.3, -0.25) is 0 Å². The second kappa shape index (κ2) is 10.3. The van der Waals surface area contributed by atoms with Crippen LogP contribution in [0.2, 0.25) is 0 Å². The van der Waals surface area contributed by atoms with Gasteiger partial charge in [-0.25, -0.2) is 0 Å². The van der Waals surface area contributed by atoms with Crippen LogP contribution in [0.25, 0.3) is 32.7 Å². The first-order valence-electron chi connectivity index (χ1n) is 17.3. The van der Waals surface area contributed by atoms with Crippen molar-refractivity contribution in [2.45, 2.75) is 24.7 Å². The normalized spacial score (nSPS) is 14.7. The van der Waals surface area contributed by atoms with Crippen LogP contribution in [0.3, 0.4) is 0 Å². The van der Waals surface area contributed by atoms with Crippen molar-refractivity contribution >= 4 is 38.6 Å². The van der Waals surface area contributed by atoms with E-state index in [9.17, 15) is 0 Å². The van der Waals surface area contributed by atoms with E-state index in [1.54, 1.807) is 0 Å². The molecule has 0 atom stereocenters. The predicted molar refractivity (Wildman–Crippen MR) is 206 cm³/mol. The van der Waals surface area contributed by atoms with E-state index in [2.05, 4.69) is 195 Å². The number of hydrogen-bond acceptors (Lipinski definition) is 1. The molecule has 2 aliphatic rings. The standard InChI is InChI=1S/C48H35N/c1-47(2)41-21-9-11-23-43(41)48(44-24-12-10-22-42(44)47)40-20-8-7-19-38(40)39-29-28-36(31-45(39)48)49(35-27-26-32-14-3-4-16-34(32)30-35)46-25-13-17-33-15-5-6-18-37(33)46/h3-31H,1-2H3. The lowest BCUT2D eigenvalue weighted by molar-refractivity contribution is 0.563. The third kappa shape index (κ3) is 3.82. The van der Waals surface area contributed by atoms with E-state index in [1.165, 1.54) is 71.7 Å². The summed E-state index contributed by atoms with van der Waals surface area (Å²) in [5, 5.41) is 4.93. The molecule has 0 fully saturated rings. The lowest BCUT2D eigenvalue weighted by atomic mass is 9.55. The maximum atomic E-state index is 2.50. The first kappa shape index (κ1) is 28.1. The highest BCUT2D eigenvalue weighted by atomic mass is 15.1. The average Bonchev–Trinajstić information content (AvgIpc) is 3.44. The van der Waals surface area contributed by atoms with Gasteiger partial charge in [0.15, 0.2) is 0 Å². The molecule has 1 nitrogen and oxygen atoms in total. The van der Waals surface area contributed by atoms with Gasteiger partial charge in [0, 0.05) is 22.2 Å². The summed E-state index contributed by atoms with van der Waals surface area (Å²) in [6.45, 7) is 4.77. The van der Waals surface area contributed by atoms with Gasteiger partial charge in [0.25, 0.3) is 0 Å². The molecule has 49 heavy (non-hydrogen) atoms. The van der Waals surface area contributed by atoms with Crippen molar-refractivity contribution in [2.75, 3.05) is 4.90 Å². The van der Waals surface area contributed by atoms with E-state index in [1.807, 2.05) is 0 Å². The van der Waals surface area contributed by atoms with E-state index < -0.39 is 5.41 Å². The first-order valence-corrected chi connectivity index (χ1v) is 17.3. The van der Waals surface area contributed by atoms with Crippen LogP contribution in [-0.4, -0.2) is 0 Å². The summed E-state index contributed by atoms with van der Waals surface area (Å²) in [6, 6.07) is 65.6. The monoisotopic (exact) mass is 625 g/mol. The fourth-order valence-corrected chi connectivity index (χ4v) is 9.13. The van der Waals surface area contributed by atoms with Crippen LogP contribution in [0.5, 0.6) is 0 Å². The van der Waals surface area contributed by atoms with Gasteiger partial charge in [0.1, 0.15) is 0 Å². The van der Waals surface area contributed by atoms with Crippen molar-refractivity contribution in [3.8, 4) is 11.1 Å². The van der Waals surface area contributed by atoms with E-state index in [-0.39, 0.29) is 5.41 Å². The van der Waals surface area contributed by atoms with Gasteiger partial charge in [-0.15, -0.1) is 0 Å². The molecule has 232 valence electrons. The highest BCUT2D eigenvalue weighted by Crippen LogP contribution is 2.62. The summed E-state index contributed by atoms with van der Waals surface area (Å²) in [6.07, 6.45) is 0. The molecular weight excluding hydrogens is 591 g/mol. The van der Waals surface area contributed by atoms with Crippen LogP contribution in [0.4, 0.5) is 17.1 Å². The van der Waals surface area contributed by atoms with Crippen molar-refractivity contribution < 1.29 is 0 Å². The Kier molecular flexibility index (Phi) is 5.91. The van der Waals surface area contributed by atoms with Crippen molar-refractivity contribution in [2.24, 2.45) is 0 Å². The lowest BCUT2D eigenvalue weighted by Crippen LogP contribution is -2.40. The summed E-state index contributed by atoms with van der Waals surface area (Å²) < 4.78 is 0. The molecule has 0 aromatic heterocycles. The molecule has 0 aliphatic heterocycles. The topological polar surface area (TPSA) is 3.24 Å². The Morgan fingerprint density at radius 1 is 0.367 bits per heavy atom. The van der Waals surface area contributed by atoms with Crippen molar-refractivity contribution in [1.29, 1.82) is 0 Å². The van der Waals surface area contributed by atoms with Gasteiger partial charge in [-0.2, -0.15) is 0 Å². The van der Waals surface area contributed by atoms with Crippen LogP contribution in [0, 0.1) is 0 Å². The molecular formula is C48H35N. The molecule has 0 amide bonds. The van der Waals surface area contributed by atoms with Crippen LogP contribution in [0.1, 0.15) is 47.2 Å². The molecule has 0 unspecified atom stereocenters. The predicted octanol–water partition coefficient (Wildman–Crippen LogP) is 12.5. The molecule has 0 saturated heterocycles. The van der Waals surface area contributed by atoms with Gasteiger partial charge in [0.05, 0.1) is 11.1 Å². The molecule has 0 saturated carbocycles. The van der Waals surface area contributed by atoms with Crippen molar-refractivity contribution in [3.63, 3.8) is 0 Å². The van der Waals surface area contributed by atoms with Crippen LogP contribution >= 0.6 is 0 Å². The molecule has 0 bridgehead atoms. The summed E-state index contributed by atoms with van der Waals surface area (Å²) in [4.78, 5) is 2.47. The first-order chi connectivity index (χ1) is 24.1. The zero-order valence-corrected chi connectivity index (χ0v) is 27.7. The van der Waals surface area contributed by atoms with E-state index in [0.717, 1.165) is 11.4 Å². The second-order valence-corrected chi connectivity index (χ2v) is 14.1. The quantitative estimate of drug-likeness (QED) is 0.189. The van der Waals surface area contributed by atoms with E-state index in [0.29, 0.717) is 0 Å². The van der Waals surface area contributed by atoms with Gasteiger partial charge in [0.2, 0.25) is 0 Å². The zero-order chi connectivity index (χ0) is 32.7. The Labute approximate surface area is 287 Å². The van der Waals surface area contributed by atoms with E-state index >= 15 is 0 Å². The maximum absolute atomic E-state index is 2.50. The van der Waals surface area contributed by atoms with E-state index in [4.69, 9.17) is 0 Å². The molecule has 10 rings (SSSR count). The number of benzene rings is 8.